The molecule has 0 saturated carbocycles. The summed E-state index contributed by atoms with van der Waals surface area (Å²) in [6, 6.07) is 17.4. The Morgan fingerprint density at radius 2 is 1.67 bits per heavy atom. The molecule has 0 bridgehead atoms. The first kappa shape index (κ1) is 15.1. The molecule has 0 aliphatic rings. The van der Waals surface area contributed by atoms with Gasteiger partial charge >= 0.3 is 0 Å². The summed E-state index contributed by atoms with van der Waals surface area (Å²) in [5.74, 6) is 0.561. The van der Waals surface area contributed by atoms with Crippen LogP contribution in [-0.2, 0) is 4.79 Å². The number of hydrogen-bond acceptors (Lipinski definition) is 3. The predicted octanol–water partition coefficient (Wildman–Crippen LogP) is 1.68. The van der Waals surface area contributed by atoms with Crippen molar-refractivity contribution in [1.29, 1.82) is 0 Å². The number of quaternary nitrogens is 1. The molecule has 3 N–H and O–H groups in total. The molecule has 0 heterocycles. The van der Waals surface area contributed by atoms with Crippen LogP contribution in [-0.4, -0.2) is 5.97 Å². The van der Waals surface area contributed by atoms with E-state index in [1.165, 1.54) is 0 Å². The van der Waals surface area contributed by atoms with Gasteiger partial charge in [0.2, 0.25) is 0 Å². The third kappa shape index (κ3) is 4.93. The molecule has 0 spiro atoms. The monoisotopic (exact) mass is 285 g/mol. The third-order valence-corrected chi connectivity index (χ3v) is 3.26. The largest absolute Gasteiger partial charge is 0.550 e. The van der Waals surface area contributed by atoms with Crippen LogP contribution in [0, 0.1) is 0 Å². The van der Waals surface area contributed by atoms with E-state index in [1.54, 1.807) is 0 Å². The van der Waals surface area contributed by atoms with Gasteiger partial charge in [-0.3, -0.25) is 0 Å². The lowest BCUT2D eigenvalue weighted by Crippen LogP contribution is -2.53. The summed E-state index contributed by atoms with van der Waals surface area (Å²) in [5.41, 5.74) is 5.14. The molecule has 0 amide bonds. The van der Waals surface area contributed by atoms with Crippen LogP contribution in [0.3, 0.4) is 0 Å². The molecule has 2 rings (SSSR count). The Balaban J connectivity index is 1.90. The number of carboxylic acid groups (broad SMARTS) is 1. The van der Waals surface area contributed by atoms with Crippen molar-refractivity contribution in [2.24, 2.45) is 0 Å². The zero-order valence-corrected chi connectivity index (χ0v) is 11.8. The van der Waals surface area contributed by atoms with E-state index in [4.69, 9.17) is 4.74 Å². The number of carbonyl (C=O) groups excluding carboxylic acids is 1. The lowest BCUT2D eigenvalue weighted by Gasteiger charge is -2.10. The summed E-state index contributed by atoms with van der Waals surface area (Å²) < 4.78 is 5.72. The number of rotatable bonds is 7. The number of aliphatic carboxylic acids is 1. The first-order valence-corrected chi connectivity index (χ1v) is 7.01. The lowest BCUT2D eigenvalue weighted by molar-refractivity contribution is -0.428. The van der Waals surface area contributed by atoms with Crippen molar-refractivity contribution >= 4 is 5.97 Å². The second kappa shape index (κ2) is 7.45. The maximum absolute atomic E-state index is 10.4. The standard InChI is InChI=1S/C17H19NO3/c18-16(7-4-8-17(19)20)13-9-11-15(12-10-13)21-14-5-2-1-3-6-14/h1-3,5-6,9-12,16H,4,7-8,18H2,(H,19,20)/t16-/m1/s1. The molecule has 0 saturated heterocycles. The van der Waals surface area contributed by atoms with Gasteiger partial charge in [0.15, 0.2) is 0 Å². The van der Waals surface area contributed by atoms with Crippen molar-refractivity contribution in [2.45, 2.75) is 25.3 Å². The Kier molecular flexibility index (Phi) is 5.35. The molecule has 0 radical (unpaired) electrons. The fourth-order valence-electron chi connectivity index (χ4n) is 2.09. The van der Waals surface area contributed by atoms with Gasteiger partial charge in [0.05, 0.1) is 0 Å². The summed E-state index contributed by atoms with van der Waals surface area (Å²) in [6.07, 6.45) is 1.40. The van der Waals surface area contributed by atoms with Crippen molar-refractivity contribution < 1.29 is 20.4 Å². The summed E-state index contributed by atoms with van der Waals surface area (Å²) in [6.45, 7) is 0. The van der Waals surface area contributed by atoms with Gasteiger partial charge in [-0.1, -0.05) is 18.2 Å². The average molecular weight is 285 g/mol. The summed E-state index contributed by atoms with van der Waals surface area (Å²) in [7, 11) is 0. The highest BCUT2D eigenvalue weighted by atomic mass is 16.5. The molecule has 4 nitrogen and oxygen atoms in total. The third-order valence-electron chi connectivity index (χ3n) is 3.26. The van der Waals surface area contributed by atoms with E-state index in [1.807, 2.05) is 54.6 Å². The summed E-state index contributed by atoms with van der Waals surface area (Å²) in [4.78, 5) is 10.4. The number of para-hydroxylation sites is 1. The summed E-state index contributed by atoms with van der Waals surface area (Å²) in [5, 5.41) is 10.4. The maximum Gasteiger partial charge on any atom is 0.127 e. The number of benzene rings is 2. The van der Waals surface area contributed by atoms with E-state index in [0.717, 1.165) is 23.5 Å². The molecular formula is C17H19NO3. The van der Waals surface area contributed by atoms with Gasteiger partial charge in [-0.05, 0) is 49.2 Å². The van der Waals surface area contributed by atoms with Crippen LogP contribution in [0.1, 0.15) is 30.9 Å². The highest BCUT2D eigenvalue weighted by Crippen LogP contribution is 2.23. The van der Waals surface area contributed by atoms with E-state index in [-0.39, 0.29) is 12.5 Å². The molecule has 0 aliphatic carbocycles. The maximum atomic E-state index is 10.4. The molecule has 0 fully saturated rings. The van der Waals surface area contributed by atoms with Gasteiger partial charge in [-0.25, -0.2) is 0 Å². The predicted molar refractivity (Wildman–Crippen MR) is 77.4 cm³/mol. The molecule has 0 unspecified atom stereocenters. The van der Waals surface area contributed by atoms with E-state index in [0.29, 0.717) is 6.42 Å². The summed E-state index contributed by atoms with van der Waals surface area (Å²) >= 11 is 0. The number of carboxylic acids is 1. The Hall–Kier alpha value is -2.33. The minimum absolute atomic E-state index is 0.0788. The van der Waals surface area contributed by atoms with Crippen LogP contribution in [0.25, 0.3) is 0 Å². The molecule has 110 valence electrons. The second-order valence-electron chi connectivity index (χ2n) is 4.95. The van der Waals surface area contributed by atoms with Crippen molar-refractivity contribution in [3.8, 4) is 11.5 Å². The number of hydrogen-bond donors (Lipinski definition) is 1. The molecule has 2 aromatic rings. The fourth-order valence-corrected chi connectivity index (χ4v) is 2.09. The zero-order valence-electron chi connectivity index (χ0n) is 11.8. The van der Waals surface area contributed by atoms with E-state index >= 15 is 0 Å². The van der Waals surface area contributed by atoms with Gasteiger partial charge in [-0.2, -0.15) is 0 Å². The van der Waals surface area contributed by atoms with Gasteiger partial charge in [0.1, 0.15) is 17.5 Å². The lowest BCUT2D eigenvalue weighted by atomic mass is 10.0. The Bertz CT molecular complexity index is 566. The smallest absolute Gasteiger partial charge is 0.127 e. The SMILES string of the molecule is [NH3+][C@H](CCCC(=O)[O-])c1ccc(Oc2ccccc2)cc1. The van der Waals surface area contributed by atoms with Crippen molar-refractivity contribution in [2.75, 3.05) is 0 Å². The molecule has 4 heteroatoms. The topological polar surface area (TPSA) is 77.0 Å². The normalized spacial score (nSPS) is 11.9. The Morgan fingerprint density at radius 3 is 2.29 bits per heavy atom. The van der Waals surface area contributed by atoms with E-state index < -0.39 is 5.97 Å². The van der Waals surface area contributed by atoms with E-state index in [9.17, 15) is 9.90 Å². The Morgan fingerprint density at radius 1 is 1.05 bits per heavy atom. The minimum atomic E-state index is -1.01. The van der Waals surface area contributed by atoms with Crippen LogP contribution in [0.15, 0.2) is 54.6 Å². The highest BCUT2D eigenvalue weighted by Gasteiger charge is 2.09. The molecular weight excluding hydrogens is 266 g/mol. The number of carbonyl (C=O) groups is 1. The second-order valence-corrected chi connectivity index (χ2v) is 4.95. The van der Waals surface area contributed by atoms with Crippen LogP contribution in [0.4, 0.5) is 0 Å². The van der Waals surface area contributed by atoms with Crippen LogP contribution in [0.2, 0.25) is 0 Å². The van der Waals surface area contributed by atoms with Crippen LogP contribution < -0.4 is 15.6 Å². The quantitative estimate of drug-likeness (QED) is 0.840. The van der Waals surface area contributed by atoms with Crippen molar-refractivity contribution in [1.82, 2.24) is 0 Å². The molecule has 1 atom stereocenters. The Labute approximate surface area is 124 Å². The highest BCUT2D eigenvalue weighted by molar-refractivity contribution is 5.64. The fraction of sp³-hybridized carbons (Fsp3) is 0.235. The molecule has 0 aliphatic heterocycles. The average Bonchev–Trinajstić information content (AvgIpc) is 2.48. The van der Waals surface area contributed by atoms with E-state index in [2.05, 4.69) is 5.73 Å². The zero-order chi connectivity index (χ0) is 15.1. The first-order valence-electron chi connectivity index (χ1n) is 7.01. The van der Waals surface area contributed by atoms with Gasteiger partial charge in [0, 0.05) is 18.0 Å². The van der Waals surface area contributed by atoms with Gasteiger partial charge in [-0.15, -0.1) is 0 Å². The molecule has 2 aromatic carbocycles. The van der Waals surface area contributed by atoms with Crippen LogP contribution in [0.5, 0.6) is 11.5 Å². The van der Waals surface area contributed by atoms with Crippen LogP contribution >= 0.6 is 0 Å². The van der Waals surface area contributed by atoms with Crippen molar-refractivity contribution in [3.63, 3.8) is 0 Å². The van der Waals surface area contributed by atoms with Crippen molar-refractivity contribution in [3.05, 3.63) is 60.2 Å². The molecule has 0 aromatic heterocycles. The number of ether oxygens (including phenoxy) is 1. The van der Waals surface area contributed by atoms with Gasteiger partial charge in [0.25, 0.3) is 0 Å². The van der Waals surface area contributed by atoms with Gasteiger partial charge < -0.3 is 20.4 Å². The first-order chi connectivity index (χ1) is 10.1. The minimum Gasteiger partial charge on any atom is -0.550 e. The molecule has 21 heavy (non-hydrogen) atoms.